The molecule has 1 N–H and O–H groups in total. The lowest BCUT2D eigenvalue weighted by Crippen LogP contribution is -2.22. The molecule has 0 aliphatic rings. The first-order valence-corrected chi connectivity index (χ1v) is 12.0. The summed E-state index contributed by atoms with van der Waals surface area (Å²) in [5, 5.41) is 3.43. The van der Waals surface area contributed by atoms with Gasteiger partial charge in [-0.3, -0.25) is 14.2 Å². The number of aryl methyl sites for hydroxylation is 1. The van der Waals surface area contributed by atoms with Crippen LogP contribution in [-0.2, 0) is 11.3 Å². The van der Waals surface area contributed by atoms with Crippen LogP contribution < -0.4 is 15.6 Å². The van der Waals surface area contributed by atoms with E-state index in [1.54, 1.807) is 11.7 Å². The van der Waals surface area contributed by atoms with Crippen LogP contribution in [0.15, 0.2) is 64.5 Å². The summed E-state index contributed by atoms with van der Waals surface area (Å²) in [7, 11) is 1.57. The van der Waals surface area contributed by atoms with Crippen LogP contribution in [0.4, 0.5) is 5.69 Å². The van der Waals surface area contributed by atoms with Crippen LogP contribution in [0.1, 0.15) is 12.5 Å². The van der Waals surface area contributed by atoms with E-state index in [0.29, 0.717) is 33.4 Å². The molecule has 0 bridgehead atoms. The highest BCUT2D eigenvalue weighted by molar-refractivity contribution is 7.99. The normalized spacial score (nSPS) is 11.0. The summed E-state index contributed by atoms with van der Waals surface area (Å²) in [4.78, 5) is 31.4. The Kier molecular flexibility index (Phi) is 6.62. The Morgan fingerprint density at radius 1 is 1.19 bits per heavy atom. The third-order valence-electron chi connectivity index (χ3n) is 4.93. The van der Waals surface area contributed by atoms with Crippen molar-refractivity contribution in [2.45, 2.75) is 25.5 Å². The maximum absolute atomic E-state index is 13.1. The Hall–Kier alpha value is -3.10. The number of hydrogen-bond donors (Lipinski definition) is 1. The molecule has 0 aliphatic carbocycles. The van der Waals surface area contributed by atoms with Gasteiger partial charge in [-0.05, 0) is 43.2 Å². The molecule has 164 valence electrons. The summed E-state index contributed by atoms with van der Waals surface area (Å²) in [6.45, 7) is 4.34. The van der Waals surface area contributed by atoms with Gasteiger partial charge in [-0.2, -0.15) is 0 Å². The number of rotatable bonds is 7. The lowest BCUT2D eigenvalue weighted by molar-refractivity contribution is -0.113. The van der Waals surface area contributed by atoms with Crippen LogP contribution in [0, 0.1) is 6.92 Å². The number of carbonyl (C=O) groups is 1. The number of benzene rings is 2. The highest BCUT2D eigenvalue weighted by Crippen LogP contribution is 2.32. The first-order valence-electron chi connectivity index (χ1n) is 10.2. The molecule has 2 aromatic carbocycles. The molecule has 6 nitrogen and oxygen atoms in total. The molecule has 2 heterocycles. The molecule has 32 heavy (non-hydrogen) atoms. The quantitative estimate of drug-likeness (QED) is 0.300. The molecule has 0 atom stereocenters. The minimum Gasteiger partial charge on any atom is -0.495 e. The summed E-state index contributed by atoms with van der Waals surface area (Å²) in [6.07, 6.45) is 0. The standard InChI is InChI=1S/C24H23N3O3S2/c1-4-27-23(29)22-18(13-20(32-22)16-8-6-5-7-9-16)26-24(27)31-14-21(28)25-17-12-15(2)10-11-19(17)30-3/h5-13H,4,14H2,1-3H3,(H,25,28). The van der Waals surface area contributed by atoms with Gasteiger partial charge < -0.3 is 10.1 Å². The third kappa shape index (κ3) is 4.56. The number of nitrogens with one attached hydrogen (secondary N) is 1. The molecule has 0 saturated heterocycles. The maximum Gasteiger partial charge on any atom is 0.272 e. The molecular weight excluding hydrogens is 442 g/mol. The van der Waals surface area contributed by atoms with Crippen molar-refractivity contribution in [1.82, 2.24) is 9.55 Å². The molecule has 4 aromatic rings. The van der Waals surface area contributed by atoms with E-state index < -0.39 is 0 Å². The van der Waals surface area contributed by atoms with Crippen LogP contribution in [0.2, 0.25) is 0 Å². The van der Waals surface area contributed by atoms with Crippen molar-refractivity contribution in [2.24, 2.45) is 0 Å². The number of thiophene rings is 1. The fourth-order valence-corrected chi connectivity index (χ4v) is 5.27. The number of hydrogen-bond acceptors (Lipinski definition) is 6. The SMILES string of the molecule is CCn1c(SCC(=O)Nc2cc(C)ccc2OC)nc2cc(-c3ccccc3)sc2c1=O. The second-order valence-corrected chi connectivity index (χ2v) is 9.17. The molecule has 0 aliphatic heterocycles. The molecule has 4 rings (SSSR count). The van der Waals surface area contributed by atoms with Gasteiger partial charge in [0.2, 0.25) is 5.91 Å². The predicted octanol–water partition coefficient (Wildman–Crippen LogP) is 5.19. The number of anilines is 1. The monoisotopic (exact) mass is 465 g/mol. The topological polar surface area (TPSA) is 73.2 Å². The maximum atomic E-state index is 13.1. The summed E-state index contributed by atoms with van der Waals surface area (Å²) < 4.78 is 7.58. The average Bonchev–Trinajstić information content (AvgIpc) is 3.23. The van der Waals surface area contributed by atoms with Crippen molar-refractivity contribution >= 4 is 44.9 Å². The van der Waals surface area contributed by atoms with Crippen molar-refractivity contribution < 1.29 is 9.53 Å². The van der Waals surface area contributed by atoms with E-state index in [-0.39, 0.29) is 17.2 Å². The van der Waals surface area contributed by atoms with E-state index in [2.05, 4.69) is 5.32 Å². The summed E-state index contributed by atoms with van der Waals surface area (Å²) in [6, 6.07) is 17.5. The minimum atomic E-state index is -0.189. The van der Waals surface area contributed by atoms with E-state index in [1.165, 1.54) is 23.1 Å². The molecular formula is C24H23N3O3S2. The van der Waals surface area contributed by atoms with Crippen molar-refractivity contribution in [2.75, 3.05) is 18.2 Å². The van der Waals surface area contributed by atoms with Crippen LogP contribution >= 0.6 is 23.1 Å². The summed E-state index contributed by atoms with van der Waals surface area (Å²) >= 11 is 2.70. The average molecular weight is 466 g/mol. The predicted molar refractivity (Wildman–Crippen MR) is 132 cm³/mol. The van der Waals surface area contributed by atoms with Crippen LogP contribution in [0.3, 0.4) is 0 Å². The molecule has 0 radical (unpaired) electrons. The van der Waals surface area contributed by atoms with Gasteiger partial charge in [-0.15, -0.1) is 11.3 Å². The zero-order chi connectivity index (χ0) is 22.7. The Labute approximate surface area is 194 Å². The van der Waals surface area contributed by atoms with Gasteiger partial charge in [-0.1, -0.05) is 48.2 Å². The van der Waals surface area contributed by atoms with Crippen molar-refractivity contribution in [3.63, 3.8) is 0 Å². The zero-order valence-corrected chi connectivity index (χ0v) is 19.7. The zero-order valence-electron chi connectivity index (χ0n) is 18.0. The lowest BCUT2D eigenvalue weighted by Gasteiger charge is -2.12. The van der Waals surface area contributed by atoms with Gasteiger partial charge in [0, 0.05) is 11.4 Å². The lowest BCUT2D eigenvalue weighted by atomic mass is 10.2. The molecule has 0 unspecified atom stereocenters. The number of carbonyl (C=O) groups excluding carboxylic acids is 1. The molecule has 0 fully saturated rings. The van der Waals surface area contributed by atoms with Gasteiger partial charge in [0.15, 0.2) is 5.16 Å². The number of fused-ring (bicyclic) bond motifs is 1. The smallest absolute Gasteiger partial charge is 0.272 e. The number of ether oxygens (including phenoxy) is 1. The van der Waals surface area contributed by atoms with Crippen LogP contribution in [0.25, 0.3) is 20.7 Å². The highest BCUT2D eigenvalue weighted by atomic mass is 32.2. The van der Waals surface area contributed by atoms with Crippen molar-refractivity contribution in [3.8, 4) is 16.2 Å². The fourth-order valence-electron chi connectivity index (χ4n) is 3.36. The van der Waals surface area contributed by atoms with Crippen LogP contribution in [-0.4, -0.2) is 28.3 Å². The number of thioether (sulfide) groups is 1. The second kappa shape index (κ2) is 9.58. The van der Waals surface area contributed by atoms with Gasteiger partial charge in [-0.25, -0.2) is 4.98 Å². The van der Waals surface area contributed by atoms with Gasteiger partial charge in [0.05, 0.1) is 24.1 Å². The molecule has 2 aromatic heterocycles. The Morgan fingerprint density at radius 2 is 1.97 bits per heavy atom. The number of amides is 1. The van der Waals surface area contributed by atoms with Crippen molar-refractivity contribution in [3.05, 3.63) is 70.5 Å². The van der Waals surface area contributed by atoms with Crippen LogP contribution in [0.5, 0.6) is 5.75 Å². The van der Waals surface area contributed by atoms with Gasteiger partial charge in [0.1, 0.15) is 10.4 Å². The minimum absolute atomic E-state index is 0.0760. The third-order valence-corrected chi connectivity index (χ3v) is 7.07. The Morgan fingerprint density at radius 3 is 2.69 bits per heavy atom. The second-order valence-electron chi connectivity index (χ2n) is 7.18. The van der Waals surface area contributed by atoms with E-state index in [9.17, 15) is 9.59 Å². The largest absolute Gasteiger partial charge is 0.495 e. The van der Waals surface area contributed by atoms with E-state index in [0.717, 1.165) is 16.0 Å². The molecule has 0 saturated carbocycles. The highest BCUT2D eigenvalue weighted by Gasteiger charge is 2.16. The summed E-state index contributed by atoms with van der Waals surface area (Å²) in [5.41, 5.74) is 3.28. The molecule has 8 heteroatoms. The Balaban J connectivity index is 1.58. The fraction of sp³-hybridized carbons (Fsp3) is 0.208. The number of aromatic nitrogens is 2. The Bertz CT molecular complexity index is 1330. The molecule has 0 spiro atoms. The van der Waals surface area contributed by atoms with E-state index >= 15 is 0 Å². The number of nitrogens with zero attached hydrogens (tertiary/aromatic N) is 2. The van der Waals surface area contributed by atoms with Gasteiger partial charge in [0.25, 0.3) is 5.56 Å². The summed E-state index contributed by atoms with van der Waals surface area (Å²) in [5.74, 6) is 0.543. The first kappa shape index (κ1) is 22.1. The van der Waals surface area contributed by atoms with E-state index in [4.69, 9.17) is 9.72 Å². The van der Waals surface area contributed by atoms with E-state index in [1.807, 2.05) is 68.4 Å². The van der Waals surface area contributed by atoms with Crippen molar-refractivity contribution in [1.29, 1.82) is 0 Å². The molecule has 1 amide bonds. The number of methoxy groups -OCH3 is 1. The van der Waals surface area contributed by atoms with Gasteiger partial charge >= 0.3 is 0 Å². The first-order chi connectivity index (χ1) is 15.5.